The molecular weight excluding hydrogens is 271 g/mol. The summed E-state index contributed by atoms with van der Waals surface area (Å²) < 4.78 is 24.3. The van der Waals surface area contributed by atoms with E-state index in [1.54, 1.807) is 42.5 Å². The summed E-state index contributed by atoms with van der Waals surface area (Å²) in [6.07, 6.45) is -0.584. The Hall–Kier alpha value is -2.07. The molecule has 2 rings (SSSR count). The summed E-state index contributed by atoms with van der Waals surface area (Å²) in [4.78, 5) is 0. The van der Waals surface area contributed by atoms with Gasteiger partial charge in [0, 0.05) is 6.42 Å². The van der Waals surface area contributed by atoms with Crippen LogP contribution >= 0.6 is 0 Å². The predicted octanol–water partition coefficient (Wildman–Crippen LogP) is 3.51. The number of rotatable bonds is 6. The molecule has 0 spiro atoms. The minimum absolute atomic E-state index is 0.186. The van der Waals surface area contributed by atoms with Gasteiger partial charge < -0.3 is 14.6 Å². The number of ether oxygens (including phenoxy) is 2. The van der Waals surface area contributed by atoms with Gasteiger partial charge in [-0.2, -0.15) is 0 Å². The molecule has 21 heavy (non-hydrogen) atoms. The van der Waals surface area contributed by atoms with Crippen LogP contribution in [-0.4, -0.2) is 18.8 Å². The third-order valence-corrected chi connectivity index (χ3v) is 3.25. The lowest BCUT2D eigenvalue weighted by atomic mass is 10.0. The van der Waals surface area contributed by atoms with Crippen LogP contribution < -0.4 is 9.47 Å². The van der Waals surface area contributed by atoms with Crippen molar-refractivity contribution in [1.29, 1.82) is 0 Å². The van der Waals surface area contributed by atoms with Gasteiger partial charge in [-0.15, -0.1) is 0 Å². The van der Waals surface area contributed by atoms with E-state index in [2.05, 4.69) is 0 Å². The normalized spacial score (nSPS) is 12.0. The maximum atomic E-state index is 14.1. The van der Waals surface area contributed by atoms with Gasteiger partial charge in [-0.25, -0.2) is 4.39 Å². The van der Waals surface area contributed by atoms with Crippen LogP contribution in [0.4, 0.5) is 4.39 Å². The molecule has 0 aliphatic heterocycles. The minimum Gasteiger partial charge on any atom is -0.494 e. The molecule has 0 saturated heterocycles. The molecule has 0 saturated carbocycles. The Labute approximate surface area is 124 Å². The first-order valence-electron chi connectivity index (χ1n) is 6.88. The molecule has 0 bridgehead atoms. The van der Waals surface area contributed by atoms with E-state index >= 15 is 0 Å². The largest absolute Gasteiger partial charge is 0.494 e. The maximum Gasteiger partial charge on any atom is 0.168 e. The Morgan fingerprint density at radius 2 is 1.86 bits per heavy atom. The Bertz CT molecular complexity index is 581. The van der Waals surface area contributed by atoms with Crippen LogP contribution in [0.5, 0.6) is 11.5 Å². The Balaban J connectivity index is 2.12. The van der Waals surface area contributed by atoms with Crippen LogP contribution in [0.1, 0.15) is 24.2 Å². The summed E-state index contributed by atoms with van der Waals surface area (Å²) in [5, 5.41) is 10.2. The standard InChI is InChI=1S/C17H19FO3/c1-3-21-14-9-7-12(8-10-14)15(19)11-13-5-4-6-16(20-2)17(13)18/h4-10,15,19H,3,11H2,1-2H3. The predicted molar refractivity (Wildman–Crippen MR) is 79.2 cm³/mol. The molecule has 1 unspecified atom stereocenters. The van der Waals surface area contributed by atoms with E-state index in [4.69, 9.17) is 9.47 Å². The number of aliphatic hydroxyl groups is 1. The molecule has 2 aromatic carbocycles. The molecule has 0 aliphatic rings. The molecule has 3 nitrogen and oxygen atoms in total. The average Bonchev–Trinajstić information content (AvgIpc) is 2.50. The minimum atomic E-state index is -0.776. The van der Waals surface area contributed by atoms with Gasteiger partial charge in [0.1, 0.15) is 5.75 Å². The third kappa shape index (κ3) is 3.73. The fourth-order valence-corrected chi connectivity index (χ4v) is 2.15. The SMILES string of the molecule is CCOc1ccc(C(O)Cc2cccc(OC)c2F)cc1. The molecule has 0 heterocycles. The van der Waals surface area contributed by atoms with Gasteiger partial charge in [-0.05, 0) is 36.2 Å². The lowest BCUT2D eigenvalue weighted by molar-refractivity contribution is 0.176. The smallest absolute Gasteiger partial charge is 0.168 e. The van der Waals surface area contributed by atoms with Crippen molar-refractivity contribution < 1.29 is 19.0 Å². The lowest BCUT2D eigenvalue weighted by Crippen LogP contribution is -2.04. The van der Waals surface area contributed by atoms with Crippen LogP contribution in [0.25, 0.3) is 0 Å². The molecule has 1 atom stereocenters. The summed E-state index contributed by atoms with van der Waals surface area (Å²) in [6, 6.07) is 12.1. The molecule has 0 aromatic heterocycles. The van der Waals surface area contributed by atoms with Crippen LogP contribution in [0.15, 0.2) is 42.5 Å². The van der Waals surface area contributed by atoms with E-state index in [0.29, 0.717) is 12.2 Å². The lowest BCUT2D eigenvalue weighted by Gasteiger charge is -2.13. The quantitative estimate of drug-likeness (QED) is 0.885. The first kappa shape index (κ1) is 15.3. The summed E-state index contributed by atoms with van der Waals surface area (Å²) in [5.41, 5.74) is 1.15. The van der Waals surface area contributed by atoms with Crippen LogP contribution in [0.2, 0.25) is 0 Å². The van der Waals surface area contributed by atoms with Crippen molar-refractivity contribution in [1.82, 2.24) is 0 Å². The molecule has 0 aliphatic carbocycles. The van der Waals surface area contributed by atoms with E-state index in [1.807, 2.05) is 6.92 Å². The first-order chi connectivity index (χ1) is 10.2. The first-order valence-corrected chi connectivity index (χ1v) is 6.88. The van der Waals surface area contributed by atoms with Crippen molar-refractivity contribution in [2.24, 2.45) is 0 Å². The molecule has 4 heteroatoms. The van der Waals surface area contributed by atoms with Crippen LogP contribution in [-0.2, 0) is 6.42 Å². The topological polar surface area (TPSA) is 38.7 Å². The fourth-order valence-electron chi connectivity index (χ4n) is 2.15. The average molecular weight is 290 g/mol. The van der Waals surface area contributed by atoms with Crippen molar-refractivity contribution in [2.75, 3.05) is 13.7 Å². The van der Waals surface area contributed by atoms with Crippen molar-refractivity contribution in [2.45, 2.75) is 19.4 Å². The molecule has 0 amide bonds. The molecule has 112 valence electrons. The summed E-state index contributed by atoms with van der Waals surface area (Å²) >= 11 is 0. The zero-order valence-corrected chi connectivity index (χ0v) is 12.2. The number of halogens is 1. The zero-order valence-electron chi connectivity index (χ0n) is 12.2. The molecule has 0 fully saturated rings. The molecule has 0 radical (unpaired) electrons. The van der Waals surface area contributed by atoms with Gasteiger partial charge in [0.05, 0.1) is 19.8 Å². The number of hydrogen-bond donors (Lipinski definition) is 1. The van der Waals surface area contributed by atoms with E-state index in [0.717, 1.165) is 11.3 Å². The Morgan fingerprint density at radius 1 is 1.14 bits per heavy atom. The second kappa shape index (κ2) is 7.09. The second-order valence-corrected chi connectivity index (χ2v) is 4.66. The number of aliphatic hydroxyl groups excluding tert-OH is 1. The highest BCUT2D eigenvalue weighted by Gasteiger charge is 2.14. The highest BCUT2D eigenvalue weighted by Crippen LogP contribution is 2.26. The van der Waals surface area contributed by atoms with Crippen molar-refractivity contribution >= 4 is 0 Å². The highest BCUT2D eigenvalue weighted by atomic mass is 19.1. The Kier molecular flexibility index (Phi) is 5.17. The van der Waals surface area contributed by atoms with Gasteiger partial charge in [0.15, 0.2) is 11.6 Å². The van der Waals surface area contributed by atoms with Crippen LogP contribution in [0.3, 0.4) is 0 Å². The number of methoxy groups -OCH3 is 1. The van der Waals surface area contributed by atoms with Gasteiger partial charge in [0.25, 0.3) is 0 Å². The highest BCUT2D eigenvalue weighted by molar-refractivity contribution is 5.33. The van der Waals surface area contributed by atoms with Crippen molar-refractivity contribution in [3.8, 4) is 11.5 Å². The van der Waals surface area contributed by atoms with E-state index in [1.165, 1.54) is 7.11 Å². The van der Waals surface area contributed by atoms with Gasteiger partial charge >= 0.3 is 0 Å². The maximum absolute atomic E-state index is 14.1. The van der Waals surface area contributed by atoms with Crippen LogP contribution in [0, 0.1) is 5.82 Å². The zero-order chi connectivity index (χ0) is 15.2. The Morgan fingerprint density at radius 3 is 2.48 bits per heavy atom. The molecule has 1 N–H and O–H groups in total. The van der Waals surface area contributed by atoms with Gasteiger partial charge in [-0.3, -0.25) is 0 Å². The van der Waals surface area contributed by atoms with Gasteiger partial charge in [-0.1, -0.05) is 24.3 Å². The fraction of sp³-hybridized carbons (Fsp3) is 0.294. The van der Waals surface area contributed by atoms with Crippen molar-refractivity contribution in [3.63, 3.8) is 0 Å². The van der Waals surface area contributed by atoms with E-state index in [-0.39, 0.29) is 12.2 Å². The number of benzene rings is 2. The van der Waals surface area contributed by atoms with Crippen molar-refractivity contribution in [3.05, 3.63) is 59.4 Å². The molecular formula is C17H19FO3. The summed E-state index contributed by atoms with van der Waals surface area (Å²) in [6.45, 7) is 2.51. The summed E-state index contributed by atoms with van der Waals surface area (Å²) in [5.74, 6) is 0.511. The number of hydrogen-bond acceptors (Lipinski definition) is 3. The van der Waals surface area contributed by atoms with Gasteiger partial charge in [0.2, 0.25) is 0 Å². The molecule has 2 aromatic rings. The summed E-state index contributed by atoms with van der Waals surface area (Å²) in [7, 11) is 1.42. The van der Waals surface area contributed by atoms with E-state index in [9.17, 15) is 9.50 Å². The monoisotopic (exact) mass is 290 g/mol. The second-order valence-electron chi connectivity index (χ2n) is 4.66. The third-order valence-electron chi connectivity index (χ3n) is 3.25. The van der Waals surface area contributed by atoms with E-state index < -0.39 is 11.9 Å².